The van der Waals surface area contributed by atoms with E-state index in [2.05, 4.69) is 0 Å². The molecule has 25 heavy (non-hydrogen) atoms. The molecule has 130 valence electrons. The number of fused-ring (bicyclic) bond motifs is 1. The van der Waals surface area contributed by atoms with Crippen LogP contribution in [-0.2, 0) is 6.61 Å². The topological polar surface area (TPSA) is 59.0 Å². The normalized spacial score (nSPS) is 18.6. The van der Waals surface area contributed by atoms with Crippen molar-refractivity contribution in [1.29, 1.82) is 0 Å². The first kappa shape index (κ1) is 15.9. The molecular formula is C19H18FNO4. The van der Waals surface area contributed by atoms with Crippen molar-refractivity contribution in [3.63, 3.8) is 0 Å². The molecule has 0 aliphatic carbocycles. The lowest BCUT2D eigenvalue weighted by atomic mass is 10.0. The Morgan fingerprint density at radius 3 is 2.84 bits per heavy atom. The molecular weight excluding hydrogens is 325 g/mol. The highest BCUT2D eigenvalue weighted by atomic mass is 19.1. The van der Waals surface area contributed by atoms with E-state index in [-0.39, 0.29) is 30.9 Å². The summed E-state index contributed by atoms with van der Waals surface area (Å²) in [5.41, 5.74) is 1.47. The van der Waals surface area contributed by atoms with Crippen molar-refractivity contribution in [2.45, 2.75) is 25.5 Å². The molecule has 2 aromatic rings. The molecule has 0 radical (unpaired) electrons. The lowest BCUT2D eigenvalue weighted by Gasteiger charge is -2.25. The predicted molar refractivity (Wildman–Crippen MR) is 87.9 cm³/mol. The van der Waals surface area contributed by atoms with E-state index in [1.54, 1.807) is 11.0 Å². The summed E-state index contributed by atoms with van der Waals surface area (Å²) in [4.78, 5) is 14.6. The number of aliphatic hydroxyl groups excluding tert-OH is 1. The summed E-state index contributed by atoms with van der Waals surface area (Å²) in [5.74, 6) is 0.632. The molecule has 1 saturated heterocycles. The molecule has 0 aromatic heterocycles. The van der Waals surface area contributed by atoms with Crippen LogP contribution in [0.3, 0.4) is 0 Å². The molecule has 6 heteroatoms. The summed E-state index contributed by atoms with van der Waals surface area (Å²) in [6.45, 7) is 0.452. The Bertz CT molecular complexity index is 823. The van der Waals surface area contributed by atoms with Crippen molar-refractivity contribution in [3.8, 4) is 11.5 Å². The number of carbonyl (C=O) groups excluding carboxylic acids is 1. The van der Waals surface area contributed by atoms with Crippen LogP contribution < -0.4 is 9.47 Å². The van der Waals surface area contributed by atoms with Crippen LogP contribution in [0.1, 0.15) is 40.4 Å². The highest BCUT2D eigenvalue weighted by Gasteiger charge is 2.32. The standard InChI is InChI=1S/C19H18FNO4/c20-15-8-13(3-4-14(15)10-22)19(23)21-7-1-2-16(21)12-5-6-17-18(9-12)25-11-24-17/h3-6,8-9,16,22H,1-2,7,10-11H2. The number of benzene rings is 2. The first-order valence-electron chi connectivity index (χ1n) is 8.27. The average molecular weight is 343 g/mol. The summed E-state index contributed by atoms with van der Waals surface area (Å²) in [7, 11) is 0. The van der Waals surface area contributed by atoms with Crippen molar-refractivity contribution < 1.29 is 23.8 Å². The summed E-state index contributed by atoms with van der Waals surface area (Å²) >= 11 is 0. The highest BCUT2D eigenvalue weighted by Crippen LogP contribution is 2.39. The van der Waals surface area contributed by atoms with Gasteiger partial charge < -0.3 is 19.5 Å². The third kappa shape index (κ3) is 2.82. The fourth-order valence-electron chi connectivity index (χ4n) is 3.45. The minimum Gasteiger partial charge on any atom is -0.454 e. The minimum atomic E-state index is -0.563. The number of ether oxygens (including phenoxy) is 2. The fraction of sp³-hybridized carbons (Fsp3) is 0.316. The third-order valence-corrected chi connectivity index (χ3v) is 4.77. The van der Waals surface area contributed by atoms with Crippen LogP contribution in [0.25, 0.3) is 0 Å². The van der Waals surface area contributed by atoms with Gasteiger partial charge in [0.05, 0.1) is 12.6 Å². The lowest BCUT2D eigenvalue weighted by molar-refractivity contribution is 0.0734. The zero-order valence-corrected chi connectivity index (χ0v) is 13.6. The van der Waals surface area contributed by atoms with Gasteiger partial charge in [-0.05, 0) is 42.7 Å². The van der Waals surface area contributed by atoms with Crippen LogP contribution >= 0.6 is 0 Å². The van der Waals surface area contributed by atoms with E-state index in [1.807, 2.05) is 18.2 Å². The molecule has 2 aromatic carbocycles. The zero-order valence-electron chi connectivity index (χ0n) is 13.6. The summed E-state index contributed by atoms with van der Waals surface area (Å²) in [5, 5.41) is 9.07. The van der Waals surface area contributed by atoms with Gasteiger partial charge in [0.25, 0.3) is 5.91 Å². The molecule has 0 bridgehead atoms. The first-order chi connectivity index (χ1) is 12.2. The van der Waals surface area contributed by atoms with Gasteiger partial charge in [-0.25, -0.2) is 4.39 Å². The quantitative estimate of drug-likeness (QED) is 0.931. The van der Waals surface area contributed by atoms with Gasteiger partial charge in [0.2, 0.25) is 6.79 Å². The molecule has 2 aliphatic heterocycles. The second-order valence-electron chi connectivity index (χ2n) is 6.23. The number of rotatable bonds is 3. The summed E-state index contributed by atoms with van der Waals surface area (Å²) < 4.78 is 24.7. The largest absolute Gasteiger partial charge is 0.454 e. The second kappa shape index (κ2) is 6.37. The smallest absolute Gasteiger partial charge is 0.254 e. The number of likely N-dealkylation sites (tertiary alicyclic amines) is 1. The number of amides is 1. The Kier molecular flexibility index (Phi) is 4.05. The number of hydrogen-bond donors (Lipinski definition) is 1. The molecule has 1 N–H and O–H groups in total. The Hall–Kier alpha value is -2.60. The fourth-order valence-corrected chi connectivity index (χ4v) is 3.45. The maximum absolute atomic E-state index is 13.9. The van der Waals surface area contributed by atoms with Crippen molar-refractivity contribution in [2.24, 2.45) is 0 Å². The maximum Gasteiger partial charge on any atom is 0.254 e. The molecule has 5 nitrogen and oxygen atoms in total. The second-order valence-corrected chi connectivity index (χ2v) is 6.23. The highest BCUT2D eigenvalue weighted by molar-refractivity contribution is 5.94. The molecule has 2 heterocycles. The van der Waals surface area contributed by atoms with Crippen molar-refractivity contribution in [1.82, 2.24) is 4.90 Å². The van der Waals surface area contributed by atoms with Crippen molar-refractivity contribution >= 4 is 5.91 Å². The lowest BCUT2D eigenvalue weighted by Crippen LogP contribution is -2.30. The van der Waals surface area contributed by atoms with Crippen LogP contribution in [0.4, 0.5) is 4.39 Å². The van der Waals surface area contributed by atoms with E-state index in [0.717, 1.165) is 18.4 Å². The Balaban J connectivity index is 1.61. The number of hydrogen-bond acceptors (Lipinski definition) is 4. The van der Waals surface area contributed by atoms with Crippen LogP contribution in [0, 0.1) is 5.82 Å². The van der Waals surface area contributed by atoms with Crippen LogP contribution in [0.2, 0.25) is 0 Å². The van der Waals surface area contributed by atoms with E-state index >= 15 is 0 Å². The van der Waals surface area contributed by atoms with E-state index in [1.165, 1.54) is 12.1 Å². The number of nitrogens with zero attached hydrogens (tertiary/aromatic N) is 1. The van der Waals surface area contributed by atoms with Gasteiger partial charge in [0.15, 0.2) is 11.5 Å². The van der Waals surface area contributed by atoms with Crippen LogP contribution in [0.5, 0.6) is 11.5 Å². The molecule has 1 fully saturated rings. The molecule has 1 amide bonds. The Labute approximate surface area is 144 Å². The molecule has 0 saturated carbocycles. The SMILES string of the molecule is O=C(c1ccc(CO)c(F)c1)N1CCCC1c1ccc2c(c1)OCO2. The van der Waals surface area contributed by atoms with Crippen LogP contribution in [-0.4, -0.2) is 29.3 Å². The third-order valence-electron chi connectivity index (χ3n) is 4.77. The van der Waals surface area contributed by atoms with Gasteiger partial charge in [0, 0.05) is 17.7 Å². The summed E-state index contributed by atoms with van der Waals surface area (Å²) in [6, 6.07) is 9.85. The van der Waals surface area contributed by atoms with E-state index in [9.17, 15) is 9.18 Å². The van der Waals surface area contributed by atoms with Gasteiger partial charge >= 0.3 is 0 Å². The average Bonchev–Trinajstić information content (AvgIpc) is 3.29. The molecule has 0 spiro atoms. The van der Waals surface area contributed by atoms with Gasteiger partial charge in [0.1, 0.15) is 5.82 Å². The predicted octanol–water partition coefficient (Wildman–Crippen LogP) is 3.02. The Morgan fingerprint density at radius 1 is 1.20 bits per heavy atom. The van der Waals surface area contributed by atoms with Crippen molar-refractivity contribution in [2.75, 3.05) is 13.3 Å². The monoisotopic (exact) mass is 343 g/mol. The maximum atomic E-state index is 13.9. The summed E-state index contributed by atoms with van der Waals surface area (Å²) in [6.07, 6.45) is 1.74. The first-order valence-corrected chi connectivity index (χ1v) is 8.27. The Morgan fingerprint density at radius 2 is 2.04 bits per heavy atom. The van der Waals surface area contributed by atoms with E-state index in [4.69, 9.17) is 14.6 Å². The van der Waals surface area contributed by atoms with E-state index in [0.29, 0.717) is 23.6 Å². The van der Waals surface area contributed by atoms with E-state index < -0.39 is 5.82 Å². The van der Waals surface area contributed by atoms with Gasteiger partial charge in [-0.1, -0.05) is 12.1 Å². The number of carbonyl (C=O) groups is 1. The minimum absolute atomic E-state index is 0.0671. The number of aliphatic hydroxyl groups is 1. The number of halogens is 1. The van der Waals surface area contributed by atoms with Crippen LogP contribution in [0.15, 0.2) is 36.4 Å². The molecule has 2 aliphatic rings. The molecule has 1 atom stereocenters. The van der Waals surface area contributed by atoms with Gasteiger partial charge in [-0.15, -0.1) is 0 Å². The molecule has 4 rings (SSSR count). The zero-order chi connectivity index (χ0) is 17.4. The van der Waals surface area contributed by atoms with Crippen molar-refractivity contribution in [3.05, 3.63) is 58.9 Å². The molecule has 1 unspecified atom stereocenters. The van der Waals surface area contributed by atoms with Gasteiger partial charge in [-0.3, -0.25) is 4.79 Å². The van der Waals surface area contributed by atoms with Gasteiger partial charge in [-0.2, -0.15) is 0 Å².